The third kappa shape index (κ3) is 4.06. The number of aromatic nitrogens is 1. The topological polar surface area (TPSA) is 25.4 Å². The minimum absolute atomic E-state index is 0.0932. The molecule has 114 valence electrons. The van der Waals surface area contributed by atoms with Gasteiger partial charge in [0.2, 0.25) is 5.82 Å². The van der Waals surface area contributed by atoms with Crippen LogP contribution in [0.1, 0.15) is 26.7 Å². The minimum atomic E-state index is -0.408. The third-order valence-corrected chi connectivity index (χ3v) is 3.85. The lowest BCUT2D eigenvalue weighted by Gasteiger charge is -2.22. The molecule has 5 heteroatoms. The quantitative estimate of drug-likeness (QED) is 0.704. The first-order valence-corrected chi connectivity index (χ1v) is 7.85. The zero-order valence-electron chi connectivity index (χ0n) is 12.6. The van der Waals surface area contributed by atoms with Gasteiger partial charge in [-0.05, 0) is 48.2 Å². The van der Waals surface area contributed by atoms with Gasteiger partial charge >= 0.3 is 0 Å². The van der Waals surface area contributed by atoms with Crippen LogP contribution in [0, 0.1) is 5.82 Å². The van der Waals surface area contributed by atoms with E-state index in [1.807, 2.05) is 44.0 Å². The maximum absolute atomic E-state index is 14.6. The van der Waals surface area contributed by atoms with Gasteiger partial charge in [-0.1, -0.05) is 18.2 Å². The van der Waals surface area contributed by atoms with Gasteiger partial charge in [0.1, 0.15) is 6.10 Å². The van der Waals surface area contributed by atoms with Crippen LogP contribution in [0.2, 0.25) is 0 Å². The molecule has 0 bridgehead atoms. The highest BCUT2D eigenvalue weighted by Gasteiger charge is 2.27. The maximum atomic E-state index is 14.6. The minimum Gasteiger partial charge on any atom is -0.472 e. The number of likely N-dealkylation sites (N-methyl/N-ethyl adjacent to an activating group) is 1. The molecule has 3 nitrogen and oxygen atoms in total. The molecule has 2 rings (SSSR count). The third-order valence-electron chi connectivity index (χ3n) is 3.27. The van der Waals surface area contributed by atoms with Crippen LogP contribution in [0.3, 0.4) is 0 Å². The van der Waals surface area contributed by atoms with E-state index in [4.69, 9.17) is 4.74 Å². The Morgan fingerprint density at radius 2 is 2.24 bits per heavy atom. The lowest BCUT2D eigenvalue weighted by molar-refractivity contribution is 0.275. The molecule has 0 atom stereocenters. The molecular formula is C16H20BrFN2O. The molecular weight excluding hydrogens is 335 g/mol. The molecule has 1 aliphatic rings. The van der Waals surface area contributed by atoms with Crippen LogP contribution in [0.15, 0.2) is 34.5 Å². The van der Waals surface area contributed by atoms with E-state index in [1.54, 1.807) is 6.20 Å². The number of ether oxygens (including phenoxy) is 1. The van der Waals surface area contributed by atoms with Crippen molar-refractivity contribution in [1.82, 2.24) is 4.98 Å². The summed E-state index contributed by atoms with van der Waals surface area (Å²) in [7, 11) is 1.86. The van der Waals surface area contributed by atoms with Gasteiger partial charge in [0.15, 0.2) is 0 Å². The zero-order chi connectivity index (χ0) is 15.4. The summed E-state index contributed by atoms with van der Waals surface area (Å²) in [5, 5.41) is 0. The standard InChI is InChI=1S/C16H20BrFN2O/c1-4-6-11(5-2)10-20(3)15-13(17)9-19-16(14(15)18)21-12-7-8-12/h4-6,9,12H,7-8,10H2,1-3H3/b6-4-,11-5+. The van der Waals surface area contributed by atoms with Crippen LogP contribution in [0.5, 0.6) is 5.88 Å². The number of halogens is 2. The summed E-state index contributed by atoms with van der Waals surface area (Å²) in [5.74, 6) is -0.315. The van der Waals surface area contributed by atoms with Crippen molar-refractivity contribution in [3.8, 4) is 5.88 Å². The number of allylic oxidation sites excluding steroid dienone is 2. The molecule has 1 fully saturated rings. The second kappa shape index (κ2) is 7.07. The monoisotopic (exact) mass is 354 g/mol. The van der Waals surface area contributed by atoms with Crippen LogP contribution < -0.4 is 9.64 Å². The van der Waals surface area contributed by atoms with Crippen LogP contribution in [0.25, 0.3) is 0 Å². The Labute approximate surface area is 133 Å². The van der Waals surface area contributed by atoms with Gasteiger partial charge in [0.05, 0.1) is 10.2 Å². The zero-order valence-corrected chi connectivity index (χ0v) is 14.2. The molecule has 0 N–H and O–H groups in total. The average molecular weight is 355 g/mol. The van der Waals surface area contributed by atoms with Gasteiger partial charge in [-0.2, -0.15) is 4.39 Å². The SMILES string of the molecule is C/C=C\C(=C/C)CN(C)c1c(Br)cnc(OC2CC2)c1F. The number of hydrogen-bond donors (Lipinski definition) is 0. The fourth-order valence-electron chi connectivity index (χ4n) is 2.02. The van der Waals surface area contributed by atoms with E-state index >= 15 is 0 Å². The van der Waals surface area contributed by atoms with Crippen molar-refractivity contribution in [2.75, 3.05) is 18.5 Å². The van der Waals surface area contributed by atoms with Crippen molar-refractivity contribution in [3.63, 3.8) is 0 Å². The number of hydrogen-bond acceptors (Lipinski definition) is 3. The Bertz CT molecular complexity index is 568. The molecule has 0 aliphatic heterocycles. The number of nitrogens with zero attached hydrogens (tertiary/aromatic N) is 2. The molecule has 0 aromatic carbocycles. The first-order chi connectivity index (χ1) is 10.1. The van der Waals surface area contributed by atoms with Crippen molar-refractivity contribution in [3.05, 3.63) is 40.3 Å². The van der Waals surface area contributed by atoms with Gasteiger partial charge in [-0.25, -0.2) is 4.98 Å². The van der Waals surface area contributed by atoms with Crippen molar-refractivity contribution in [1.29, 1.82) is 0 Å². The smallest absolute Gasteiger partial charge is 0.252 e. The molecule has 1 aromatic heterocycles. The second-order valence-electron chi connectivity index (χ2n) is 5.11. The van der Waals surface area contributed by atoms with Gasteiger partial charge < -0.3 is 9.64 Å². The molecule has 1 saturated carbocycles. The summed E-state index contributed by atoms with van der Waals surface area (Å²) in [4.78, 5) is 5.89. The van der Waals surface area contributed by atoms with E-state index < -0.39 is 5.82 Å². The van der Waals surface area contributed by atoms with Gasteiger partial charge in [-0.15, -0.1) is 0 Å². The summed E-state index contributed by atoms with van der Waals surface area (Å²) in [5.41, 5.74) is 1.59. The van der Waals surface area contributed by atoms with E-state index in [9.17, 15) is 4.39 Å². The Morgan fingerprint density at radius 3 is 2.81 bits per heavy atom. The summed E-state index contributed by atoms with van der Waals surface area (Å²) < 4.78 is 20.8. The van der Waals surface area contributed by atoms with Crippen LogP contribution >= 0.6 is 15.9 Å². The molecule has 0 saturated heterocycles. The Hall–Kier alpha value is -1.36. The first-order valence-electron chi connectivity index (χ1n) is 7.06. The molecule has 1 aromatic rings. The lowest BCUT2D eigenvalue weighted by Crippen LogP contribution is -2.22. The highest BCUT2D eigenvalue weighted by atomic mass is 79.9. The summed E-state index contributed by atoms with van der Waals surface area (Å²) in [6, 6.07) is 0. The maximum Gasteiger partial charge on any atom is 0.252 e. The van der Waals surface area contributed by atoms with Gasteiger partial charge in [-0.3, -0.25) is 0 Å². The van der Waals surface area contributed by atoms with Crippen LogP contribution in [0.4, 0.5) is 10.1 Å². The molecule has 0 unspecified atom stereocenters. The molecule has 0 radical (unpaired) electrons. The largest absolute Gasteiger partial charge is 0.472 e. The van der Waals surface area contributed by atoms with Crippen molar-refractivity contribution in [2.24, 2.45) is 0 Å². The first kappa shape index (κ1) is 16.0. The second-order valence-corrected chi connectivity index (χ2v) is 5.97. The van der Waals surface area contributed by atoms with Crippen LogP contribution in [-0.2, 0) is 0 Å². The van der Waals surface area contributed by atoms with Crippen molar-refractivity contribution < 1.29 is 9.13 Å². The normalized spacial score (nSPS) is 15.6. The lowest BCUT2D eigenvalue weighted by atomic mass is 10.2. The van der Waals surface area contributed by atoms with E-state index in [2.05, 4.69) is 20.9 Å². The van der Waals surface area contributed by atoms with E-state index in [0.29, 0.717) is 16.7 Å². The Balaban J connectivity index is 2.24. The average Bonchev–Trinajstić information content (AvgIpc) is 3.25. The molecule has 0 amide bonds. The van der Waals surface area contributed by atoms with E-state index in [1.165, 1.54) is 0 Å². The van der Waals surface area contributed by atoms with Crippen molar-refractivity contribution >= 4 is 21.6 Å². The van der Waals surface area contributed by atoms with Crippen LogP contribution in [-0.4, -0.2) is 24.7 Å². The molecule has 0 spiro atoms. The fraction of sp³-hybridized carbons (Fsp3) is 0.438. The predicted octanol–water partition coefficient (Wildman–Crippen LogP) is 4.48. The molecule has 1 aliphatic carbocycles. The van der Waals surface area contributed by atoms with Gasteiger partial charge in [0.25, 0.3) is 5.88 Å². The van der Waals surface area contributed by atoms with Crippen molar-refractivity contribution in [2.45, 2.75) is 32.8 Å². The highest BCUT2D eigenvalue weighted by molar-refractivity contribution is 9.10. The number of pyridine rings is 1. The van der Waals surface area contributed by atoms with Gasteiger partial charge in [0, 0.05) is 19.8 Å². The van der Waals surface area contributed by atoms with E-state index in [-0.39, 0.29) is 12.0 Å². The highest BCUT2D eigenvalue weighted by Crippen LogP contribution is 2.35. The fourth-order valence-corrected chi connectivity index (χ4v) is 2.60. The molecule has 21 heavy (non-hydrogen) atoms. The summed E-state index contributed by atoms with van der Waals surface area (Å²) in [6.45, 7) is 4.56. The number of rotatable bonds is 6. The van der Waals surface area contributed by atoms with E-state index in [0.717, 1.165) is 18.4 Å². The Kier molecular flexibility index (Phi) is 5.39. The molecule has 1 heterocycles. The Morgan fingerprint density at radius 1 is 1.52 bits per heavy atom. The predicted molar refractivity (Wildman–Crippen MR) is 87.4 cm³/mol. The summed E-state index contributed by atoms with van der Waals surface area (Å²) >= 11 is 3.38. The number of anilines is 1. The summed E-state index contributed by atoms with van der Waals surface area (Å²) in [6.07, 6.45) is 9.69.